The molecule has 7 heteroatoms. The van der Waals surface area contributed by atoms with Gasteiger partial charge in [0.25, 0.3) is 10.0 Å². The van der Waals surface area contributed by atoms with E-state index in [0.717, 1.165) is 4.88 Å². The Bertz CT molecular complexity index is 456. The molecule has 1 aromatic heterocycles. The predicted molar refractivity (Wildman–Crippen MR) is 70.5 cm³/mol. The average Bonchev–Trinajstić information content (AvgIpc) is 2.55. The number of thiophene rings is 1. The summed E-state index contributed by atoms with van der Waals surface area (Å²) in [5, 5.41) is 2.97. The standard InChI is InChI=1S/C9H15BrN2O2S2/c1-6(11-3)5-12-16(13,14)9-8(10)4-7(2)15-9/h4,6,11-12H,5H2,1-3H3. The maximum Gasteiger partial charge on any atom is 0.251 e. The van der Waals surface area contributed by atoms with Gasteiger partial charge in [0.05, 0.1) is 0 Å². The lowest BCUT2D eigenvalue weighted by Crippen LogP contribution is -2.36. The van der Waals surface area contributed by atoms with Gasteiger partial charge in [-0.1, -0.05) is 0 Å². The molecule has 92 valence electrons. The zero-order chi connectivity index (χ0) is 12.3. The number of hydrogen-bond acceptors (Lipinski definition) is 4. The van der Waals surface area contributed by atoms with E-state index in [1.807, 2.05) is 13.8 Å². The van der Waals surface area contributed by atoms with Gasteiger partial charge in [-0.25, -0.2) is 13.1 Å². The van der Waals surface area contributed by atoms with E-state index in [4.69, 9.17) is 0 Å². The molecular formula is C9H15BrN2O2S2. The molecule has 0 spiro atoms. The van der Waals surface area contributed by atoms with Gasteiger partial charge in [-0.3, -0.25) is 0 Å². The first-order chi connectivity index (χ1) is 7.36. The number of sulfonamides is 1. The first-order valence-corrected chi connectivity index (χ1v) is 7.89. The molecule has 0 amide bonds. The van der Waals surface area contributed by atoms with Crippen molar-refractivity contribution in [1.29, 1.82) is 0 Å². The SMILES string of the molecule is CNC(C)CNS(=O)(=O)c1sc(C)cc1Br. The molecule has 0 aliphatic heterocycles. The summed E-state index contributed by atoms with van der Waals surface area (Å²) < 4.78 is 27.4. The molecule has 2 N–H and O–H groups in total. The molecular weight excluding hydrogens is 312 g/mol. The summed E-state index contributed by atoms with van der Waals surface area (Å²) in [5.41, 5.74) is 0. The zero-order valence-electron chi connectivity index (χ0n) is 9.37. The van der Waals surface area contributed by atoms with E-state index >= 15 is 0 Å². The Labute approximate surface area is 109 Å². The summed E-state index contributed by atoms with van der Waals surface area (Å²) in [7, 11) is -1.60. The van der Waals surface area contributed by atoms with Gasteiger partial charge >= 0.3 is 0 Å². The van der Waals surface area contributed by atoms with E-state index in [9.17, 15) is 8.42 Å². The van der Waals surface area contributed by atoms with Gasteiger partial charge < -0.3 is 5.32 Å². The minimum atomic E-state index is -3.39. The number of likely N-dealkylation sites (N-methyl/N-ethyl adjacent to an activating group) is 1. The number of aryl methyl sites for hydroxylation is 1. The van der Waals surface area contributed by atoms with Crippen LogP contribution in [0.4, 0.5) is 0 Å². The van der Waals surface area contributed by atoms with Crippen LogP contribution in [-0.2, 0) is 10.0 Å². The largest absolute Gasteiger partial charge is 0.316 e. The minimum absolute atomic E-state index is 0.106. The highest BCUT2D eigenvalue weighted by Gasteiger charge is 2.20. The van der Waals surface area contributed by atoms with Crippen LogP contribution >= 0.6 is 27.3 Å². The summed E-state index contributed by atoms with van der Waals surface area (Å²) in [6.45, 7) is 4.17. The van der Waals surface area contributed by atoms with E-state index < -0.39 is 10.0 Å². The monoisotopic (exact) mass is 326 g/mol. The van der Waals surface area contributed by atoms with E-state index in [1.165, 1.54) is 11.3 Å². The molecule has 0 bridgehead atoms. The lowest BCUT2D eigenvalue weighted by atomic mass is 10.4. The van der Waals surface area contributed by atoms with Gasteiger partial charge in [0.2, 0.25) is 0 Å². The molecule has 0 aliphatic rings. The van der Waals surface area contributed by atoms with Gasteiger partial charge in [0.15, 0.2) is 0 Å². The average molecular weight is 327 g/mol. The van der Waals surface area contributed by atoms with Crippen LogP contribution in [0.5, 0.6) is 0 Å². The Balaban J connectivity index is 2.82. The number of nitrogens with one attached hydrogen (secondary N) is 2. The van der Waals surface area contributed by atoms with Crippen LogP contribution in [0.15, 0.2) is 14.7 Å². The molecule has 1 aromatic rings. The highest BCUT2D eigenvalue weighted by molar-refractivity contribution is 9.10. The smallest absolute Gasteiger partial charge is 0.251 e. The van der Waals surface area contributed by atoms with E-state index in [1.54, 1.807) is 13.1 Å². The third-order valence-corrected chi connectivity index (χ3v) is 6.25. The molecule has 4 nitrogen and oxygen atoms in total. The molecule has 0 aromatic carbocycles. The van der Waals surface area contributed by atoms with Crippen molar-refractivity contribution in [2.75, 3.05) is 13.6 Å². The molecule has 0 radical (unpaired) electrons. The number of hydrogen-bond donors (Lipinski definition) is 2. The van der Waals surface area contributed by atoms with Crippen LogP contribution in [0.25, 0.3) is 0 Å². The third-order valence-electron chi connectivity index (χ3n) is 2.10. The normalized spacial score (nSPS) is 14.0. The van der Waals surface area contributed by atoms with Crippen molar-refractivity contribution >= 4 is 37.3 Å². The molecule has 0 saturated carbocycles. The Morgan fingerprint density at radius 2 is 2.19 bits per heavy atom. The van der Waals surface area contributed by atoms with Crippen LogP contribution in [0.3, 0.4) is 0 Å². The van der Waals surface area contributed by atoms with Crippen molar-refractivity contribution in [3.8, 4) is 0 Å². The van der Waals surface area contributed by atoms with Crippen molar-refractivity contribution in [2.24, 2.45) is 0 Å². The maximum atomic E-state index is 11.9. The fraction of sp³-hybridized carbons (Fsp3) is 0.556. The second-order valence-corrected chi connectivity index (χ2v) is 7.61. The van der Waals surface area contributed by atoms with Crippen molar-refractivity contribution in [2.45, 2.75) is 24.1 Å². The molecule has 0 fully saturated rings. The second-order valence-electron chi connectivity index (χ2n) is 3.53. The fourth-order valence-electron chi connectivity index (χ4n) is 1.05. The van der Waals surface area contributed by atoms with Gasteiger partial charge in [0, 0.05) is 21.9 Å². The van der Waals surface area contributed by atoms with E-state index in [0.29, 0.717) is 15.2 Å². The molecule has 16 heavy (non-hydrogen) atoms. The van der Waals surface area contributed by atoms with Gasteiger partial charge in [-0.2, -0.15) is 0 Å². The van der Waals surface area contributed by atoms with Gasteiger partial charge in [-0.05, 0) is 42.9 Å². The van der Waals surface area contributed by atoms with Crippen LogP contribution < -0.4 is 10.0 Å². The van der Waals surface area contributed by atoms with Crippen molar-refractivity contribution in [1.82, 2.24) is 10.0 Å². The van der Waals surface area contributed by atoms with Crippen LogP contribution in [-0.4, -0.2) is 28.1 Å². The van der Waals surface area contributed by atoms with Crippen molar-refractivity contribution < 1.29 is 8.42 Å². The van der Waals surface area contributed by atoms with Crippen LogP contribution in [0.1, 0.15) is 11.8 Å². The van der Waals surface area contributed by atoms with Crippen molar-refractivity contribution in [3.63, 3.8) is 0 Å². The minimum Gasteiger partial charge on any atom is -0.316 e. The van der Waals surface area contributed by atoms with Crippen LogP contribution in [0, 0.1) is 6.92 Å². The fourth-order valence-corrected chi connectivity index (χ4v) is 4.98. The second kappa shape index (κ2) is 5.59. The summed E-state index contributed by atoms with van der Waals surface area (Å²) in [6.07, 6.45) is 0. The number of halogens is 1. The molecule has 1 atom stereocenters. The highest BCUT2D eigenvalue weighted by Crippen LogP contribution is 2.30. The highest BCUT2D eigenvalue weighted by atomic mass is 79.9. The van der Waals surface area contributed by atoms with Crippen LogP contribution in [0.2, 0.25) is 0 Å². The Morgan fingerprint density at radius 3 is 2.62 bits per heavy atom. The lowest BCUT2D eigenvalue weighted by molar-refractivity contribution is 0.555. The number of rotatable bonds is 5. The van der Waals surface area contributed by atoms with E-state index in [-0.39, 0.29) is 6.04 Å². The van der Waals surface area contributed by atoms with Crippen molar-refractivity contribution in [3.05, 3.63) is 15.4 Å². The molecule has 0 saturated heterocycles. The maximum absolute atomic E-state index is 11.9. The third kappa shape index (κ3) is 3.53. The molecule has 0 aliphatic carbocycles. The van der Waals surface area contributed by atoms with Gasteiger partial charge in [0.1, 0.15) is 4.21 Å². The first kappa shape index (κ1) is 14.1. The molecule has 1 heterocycles. The summed E-state index contributed by atoms with van der Waals surface area (Å²) >= 11 is 4.52. The quantitative estimate of drug-likeness (QED) is 0.866. The first-order valence-electron chi connectivity index (χ1n) is 4.79. The zero-order valence-corrected chi connectivity index (χ0v) is 12.6. The topological polar surface area (TPSA) is 58.2 Å². The Kier molecular flexibility index (Phi) is 4.93. The Morgan fingerprint density at radius 1 is 1.56 bits per heavy atom. The van der Waals surface area contributed by atoms with E-state index in [2.05, 4.69) is 26.0 Å². The summed E-state index contributed by atoms with van der Waals surface area (Å²) in [6, 6.07) is 1.91. The van der Waals surface area contributed by atoms with Gasteiger partial charge in [-0.15, -0.1) is 11.3 Å². The summed E-state index contributed by atoms with van der Waals surface area (Å²) in [4.78, 5) is 0.967. The Hall–Kier alpha value is 0.0500. The lowest BCUT2D eigenvalue weighted by Gasteiger charge is -2.11. The molecule has 1 rings (SSSR count). The summed E-state index contributed by atoms with van der Waals surface area (Å²) in [5.74, 6) is 0. The molecule has 1 unspecified atom stereocenters. The predicted octanol–water partition coefficient (Wildman–Crippen LogP) is 1.71.